The van der Waals surface area contributed by atoms with Gasteiger partial charge in [-0.05, 0) is 50.2 Å². The van der Waals surface area contributed by atoms with Crippen molar-refractivity contribution >= 4 is 21.6 Å². The van der Waals surface area contributed by atoms with Gasteiger partial charge in [0.15, 0.2) is 0 Å². The molecule has 1 atom stereocenters. The third-order valence-corrected chi connectivity index (χ3v) is 7.76. The molecule has 1 heterocycles. The number of carbonyl (C=O) groups is 1. The summed E-state index contributed by atoms with van der Waals surface area (Å²) in [6, 6.07) is 19.8. The lowest BCUT2D eigenvalue weighted by atomic mass is 9.89. The van der Waals surface area contributed by atoms with Crippen LogP contribution in [0.1, 0.15) is 31.9 Å². The van der Waals surface area contributed by atoms with Crippen molar-refractivity contribution in [3.8, 4) is 17.2 Å². The van der Waals surface area contributed by atoms with Crippen LogP contribution in [-0.4, -0.2) is 40.7 Å². The van der Waals surface area contributed by atoms with Gasteiger partial charge in [0.25, 0.3) is 10.0 Å². The summed E-state index contributed by atoms with van der Waals surface area (Å²) in [5, 5.41) is 3.02. The second-order valence-electron chi connectivity index (χ2n) is 9.09. The van der Waals surface area contributed by atoms with E-state index >= 15 is 0 Å². The Morgan fingerprint density at radius 2 is 1.72 bits per heavy atom. The molecule has 0 saturated carbocycles. The number of nitrogens with zero attached hydrogens (tertiary/aromatic N) is 1. The number of hydrogen-bond acceptors (Lipinski definition) is 6. The molecule has 1 unspecified atom stereocenters. The minimum absolute atomic E-state index is 0.0772. The lowest BCUT2D eigenvalue weighted by Gasteiger charge is -2.38. The van der Waals surface area contributed by atoms with Crippen molar-refractivity contribution in [3.05, 3.63) is 78.4 Å². The van der Waals surface area contributed by atoms with E-state index in [0.29, 0.717) is 23.7 Å². The van der Waals surface area contributed by atoms with Crippen LogP contribution in [0.4, 0.5) is 5.69 Å². The summed E-state index contributed by atoms with van der Waals surface area (Å²) in [5.41, 5.74) is 0.533. The second kappa shape index (κ2) is 10.1. The summed E-state index contributed by atoms with van der Waals surface area (Å²) < 4.78 is 45.2. The SMILES string of the molecule is COc1ccc2c(c1)OC(C)(C)CC2NC(=O)CN(c1ccccc1OC)S(=O)(=O)c1ccccc1. The number of nitrogens with one attached hydrogen (secondary N) is 1. The van der Waals surface area contributed by atoms with Crippen LogP contribution < -0.4 is 23.8 Å². The van der Waals surface area contributed by atoms with Crippen LogP contribution in [0.2, 0.25) is 0 Å². The molecule has 1 aliphatic rings. The molecule has 1 aliphatic heterocycles. The number of methoxy groups -OCH3 is 2. The maximum absolute atomic E-state index is 13.7. The quantitative estimate of drug-likeness (QED) is 0.485. The minimum atomic E-state index is -4.06. The van der Waals surface area contributed by atoms with E-state index in [1.54, 1.807) is 61.7 Å². The van der Waals surface area contributed by atoms with Gasteiger partial charge in [-0.3, -0.25) is 9.10 Å². The van der Waals surface area contributed by atoms with Gasteiger partial charge in [0.05, 0.1) is 30.8 Å². The highest BCUT2D eigenvalue weighted by Crippen LogP contribution is 2.41. The molecule has 0 saturated heterocycles. The average Bonchev–Trinajstić information content (AvgIpc) is 2.86. The van der Waals surface area contributed by atoms with E-state index in [-0.39, 0.29) is 16.6 Å². The van der Waals surface area contributed by atoms with Gasteiger partial charge in [-0.2, -0.15) is 0 Å². The molecule has 1 amide bonds. The molecule has 1 N–H and O–H groups in total. The van der Waals surface area contributed by atoms with E-state index in [1.165, 1.54) is 19.2 Å². The Hall–Kier alpha value is -3.72. The predicted molar refractivity (Wildman–Crippen MR) is 137 cm³/mol. The van der Waals surface area contributed by atoms with E-state index in [9.17, 15) is 13.2 Å². The topological polar surface area (TPSA) is 94.2 Å². The molecule has 0 bridgehead atoms. The van der Waals surface area contributed by atoms with E-state index in [2.05, 4.69) is 5.32 Å². The fraction of sp³-hybridized carbons (Fsp3) is 0.296. The van der Waals surface area contributed by atoms with Crippen LogP contribution in [0, 0.1) is 0 Å². The summed E-state index contributed by atoms with van der Waals surface area (Å²) in [6.45, 7) is 3.45. The monoisotopic (exact) mass is 510 g/mol. The van der Waals surface area contributed by atoms with Crippen LogP contribution in [-0.2, 0) is 14.8 Å². The number of ether oxygens (including phenoxy) is 3. The molecule has 3 aromatic rings. The van der Waals surface area contributed by atoms with Crippen LogP contribution in [0.3, 0.4) is 0 Å². The van der Waals surface area contributed by atoms with Gasteiger partial charge in [0, 0.05) is 18.1 Å². The number of benzene rings is 3. The molecule has 9 heteroatoms. The van der Waals surface area contributed by atoms with Crippen LogP contribution in [0.15, 0.2) is 77.7 Å². The van der Waals surface area contributed by atoms with Crippen LogP contribution >= 0.6 is 0 Å². The van der Waals surface area contributed by atoms with Crippen molar-refractivity contribution in [2.24, 2.45) is 0 Å². The summed E-state index contributed by atoms with van der Waals surface area (Å²) in [7, 11) is -1.03. The van der Waals surface area contributed by atoms with Gasteiger partial charge in [-0.1, -0.05) is 30.3 Å². The third-order valence-electron chi connectivity index (χ3n) is 5.99. The van der Waals surface area contributed by atoms with Gasteiger partial charge in [0.2, 0.25) is 5.91 Å². The molecule has 0 aromatic heterocycles. The van der Waals surface area contributed by atoms with E-state index in [0.717, 1.165) is 9.87 Å². The standard InChI is InChI=1S/C27H30N2O6S/c1-27(2)17-22(21-15-14-19(33-3)16-25(21)35-27)28-26(30)18-29(23-12-8-9-13-24(23)34-4)36(31,32)20-10-6-5-7-11-20/h5-16,22H,17-18H2,1-4H3,(H,28,30). The van der Waals surface area contributed by atoms with Gasteiger partial charge in [-0.25, -0.2) is 8.42 Å². The highest BCUT2D eigenvalue weighted by molar-refractivity contribution is 7.92. The Bertz CT molecular complexity index is 1340. The van der Waals surface area contributed by atoms with Crippen molar-refractivity contribution in [1.29, 1.82) is 0 Å². The first kappa shape index (κ1) is 25.4. The first-order chi connectivity index (χ1) is 17.1. The van der Waals surface area contributed by atoms with Gasteiger partial charge in [0.1, 0.15) is 29.4 Å². The Labute approximate surface area is 211 Å². The average molecular weight is 511 g/mol. The third kappa shape index (κ3) is 5.26. The molecule has 0 fully saturated rings. The van der Waals surface area contributed by atoms with Crippen molar-refractivity contribution < 1.29 is 27.4 Å². The molecule has 8 nitrogen and oxygen atoms in total. The molecule has 0 spiro atoms. The van der Waals surface area contributed by atoms with Gasteiger partial charge >= 0.3 is 0 Å². The number of carbonyl (C=O) groups excluding carboxylic acids is 1. The van der Waals surface area contributed by atoms with Crippen molar-refractivity contribution in [1.82, 2.24) is 5.32 Å². The Morgan fingerprint density at radius 3 is 2.42 bits per heavy atom. The number of hydrogen-bond donors (Lipinski definition) is 1. The van der Waals surface area contributed by atoms with Crippen molar-refractivity contribution in [2.75, 3.05) is 25.1 Å². The smallest absolute Gasteiger partial charge is 0.264 e. The first-order valence-corrected chi connectivity index (χ1v) is 13.0. The molecular formula is C27H30N2O6S. The lowest BCUT2D eigenvalue weighted by Crippen LogP contribution is -2.45. The summed E-state index contributed by atoms with van der Waals surface area (Å²) in [5.74, 6) is 1.15. The Morgan fingerprint density at radius 1 is 1.03 bits per heavy atom. The van der Waals surface area contributed by atoms with Gasteiger partial charge in [-0.15, -0.1) is 0 Å². The maximum Gasteiger partial charge on any atom is 0.264 e. The van der Waals surface area contributed by atoms with Gasteiger partial charge < -0.3 is 19.5 Å². The number of para-hydroxylation sites is 2. The maximum atomic E-state index is 13.7. The van der Waals surface area contributed by atoms with Crippen molar-refractivity contribution in [2.45, 2.75) is 36.8 Å². The van der Waals surface area contributed by atoms with Crippen LogP contribution in [0.5, 0.6) is 17.2 Å². The molecule has 36 heavy (non-hydrogen) atoms. The lowest BCUT2D eigenvalue weighted by molar-refractivity contribution is -0.120. The summed E-state index contributed by atoms with van der Waals surface area (Å²) in [4.78, 5) is 13.5. The first-order valence-electron chi connectivity index (χ1n) is 11.5. The molecular weight excluding hydrogens is 480 g/mol. The summed E-state index contributed by atoms with van der Waals surface area (Å²) >= 11 is 0. The second-order valence-corrected chi connectivity index (χ2v) is 10.9. The zero-order valence-electron chi connectivity index (χ0n) is 20.7. The Kier molecular flexibility index (Phi) is 7.12. The molecule has 0 aliphatic carbocycles. The molecule has 3 aromatic carbocycles. The highest BCUT2D eigenvalue weighted by Gasteiger charge is 2.36. The number of anilines is 1. The fourth-order valence-electron chi connectivity index (χ4n) is 4.31. The number of fused-ring (bicyclic) bond motifs is 1. The zero-order chi connectivity index (χ0) is 25.9. The van der Waals surface area contributed by atoms with E-state index in [1.807, 2.05) is 19.9 Å². The van der Waals surface area contributed by atoms with E-state index < -0.39 is 28.1 Å². The molecule has 4 rings (SSSR count). The highest BCUT2D eigenvalue weighted by atomic mass is 32.2. The number of sulfonamides is 1. The van der Waals surface area contributed by atoms with Crippen molar-refractivity contribution in [3.63, 3.8) is 0 Å². The summed E-state index contributed by atoms with van der Waals surface area (Å²) in [6.07, 6.45) is 0.512. The van der Waals surface area contributed by atoms with Crippen LogP contribution in [0.25, 0.3) is 0 Å². The number of rotatable bonds is 8. The zero-order valence-corrected chi connectivity index (χ0v) is 21.5. The Balaban J connectivity index is 1.67. The predicted octanol–water partition coefficient (Wildman–Crippen LogP) is 4.32. The fourth-order valence-corrected chi connectivity index (χ4v) is 5.77. The minimum Gasteiger partial charge on any atom is -0.497 e. The van der Waals surface area contributed by atoms with E-state index in [4.69, 9.17) is 14.2 Å². The largest absolute Gasteiger partial charge is 0.497 e. The normalized spacial score (nSPS) is 16.3. The molecule has 0 radical (unpaired) electrons. The number of amides is 1. The molecule has 190 valence electrons.